The number of fused-ring (bicyclic) bond motifs is 4. The summed E-state index contributed by atoms with van der Waals surface area (Å²) in [6.07, 6.45) is 2.08. The van der Waals surface area contributed by atoms with Gasteiger partial charge in [0.1, 0.15) is 48.4 Å². The third-order valence-corrected chi connectivity index (χ3v) is 16.5. The molecule has 90 heavy (non-hydrogen) atoms. The summed E-state index contributed by atoms with van der Waals surface area (Å²) in [7, 11) is 7.25. The van der Waals surface area contributed by atoms with Crippen LogP contribution in [0.4, 0.5) is 4.39 Å². The van der Waals surface area contributed by atoms with Gasteiger partial charge in [0.15, 0.2) is 18.1 Å². The van der Waals surface area contributed by atoms with Crippen LogP contribution in [0, 0.1) is 17.2 Å². The van der Waals surface area contributed by atoms with E-state index in [4.69, 9.17) is 28.4 Å². The molecule has 2 aliphatic heterocycles. The number of amides is 6. The van der Waals surface area contributed by atoms with Crippen molar-refractivity contribution in [2.45, 2.75) is 155 Å². The Kier molecular flexibility index (Phi) is 25.7. The molecule has 4 aromatic rings. The van der Waals surface area contributed by atoms with Crippen molar-refractivity contribution in [2.24, 2.45) is 11.3 Å². The SMILES string of the molecule is CCCC[C@H]1C(=O)N[C@@H](Cc2ccc3ccccc3c2)C(=O)N(C)[C@@H](COC(C)(C)C)C(=O)NCC(=O)N(C)CCCC(C)C(=O)OCC(C)(C)C(=O)C(=O)N2CCCC[C@H]2C(=O)O[C@H](CCc2cc(OC)c(OC)cc2F)c2cccc(c2)OCC(=O)N1C. The van der Waals surface area contributed by atoms with Gasteiger partial charge >= 0.3 is 11.9 Å². The molecule has 1 saturated heterocycles. The summed E-state index contributed by atoms with van der Waals surface area (Å²) < 4.78 is 50.6. The van der Waals surface area contributed by atoms with Gasteiger partial charge in [0.2, 0.25) is 29.4 Å². The van der Waals surface area contributed by atoms with Gasteiger partial charge in [0, 0.05) is 46.7 Å². The highest BCUT2D eigenvalue weighted by Gasteiger charge is 2.43. The maximum Gasteiger partial charge on any atom is 0.329 e. The van der Waals surface area contributed by atoms with Crippen molar-refractivity contribution in [1.29, 1.82) is 0 Å². The van der Waals surface area contributed by atoms with Gasteiger partial charge in [0.05, 0.1) is 44.3 Å². The molecular formula is C68H91FN6O15. The molecule has 22 heteroatoms. The van der Waals surface area contributed by atoms with Crippen LogP contribution in [0.25, 0.3) is 10.8 Å². The number of nitrogens with zero attached hydrogens (tertiary/aromatic N) is 4. The fraction of sp³-hybridized carbons (Fsp3) is 0.544. The number of Topliss-reactive ketones (excluding diaryl/α,β-unsaturated/α-hetero) is 1. The van der Waals surface area contributed by atoms with Gasteiger partial charge in [-0.15, -0.1) is 0 Å². The van der Waals surface area contributed by atoms with E-state index < -0.39 is 126 Å². The number of unbranched alkanes of at least 4 members (excludes halogenated alkanes) is 1. The zero-order valence-electron chi connectivity index (χ0n) is 54.3. The number of benzene rings is 4. The molecule has 2 N–H and O–H groups in total. The fourth-order valence-corrected chi connectivity index (χ4v) is 10.8. The van der Waals surface area contributed by atoms with E-state index in [0.717, 1.165) is 10.8 Å². The number of piperidine rings is 1. The molecule has 0 spiro atoms. The molecule has 6 rings (SSSR count). The van der Waals surface area contributed by atoms with Crippen molar-refractivity contribution < 1.29 is 76.0 Å². The molecule has 1 fully saturated rings. The summed E-state index contributed by atoms with van der Waals surface area (Å²) in [5.74, 6) is -7.01. The van der Waals surface area contributed by atoms with Crippen LogP contribution in [0.5, 0.6) is 17.2 Å². The molecule has 21 nitrogen and oxygen atoms in total. The lowest BCUT2D eigenvalue weighted by Crippen LogP contribution is -2.59. The minimum atomic E-state index is -1.52. The van der Waals surface area contributed by atoms with E-state index in [9.17, 15) is 38.4 Å². The summed E-state index contributed by atoms with van der Waals surface area (Å²) in [6.45, 7) is 10.4. The Morgan fingerprint density at radius 3 is 2.14 bits per heavy atom. The standard InChI is InChI=1S/C68H91FN6O15/c1-13-14-26-52-62(80)71-51(35-44-28-29-45-22-15-16-23-46(45)34-44)63(81)74(10)54(40-89-67(3,4)5)61(79)70-39-58(76)72(8)32-20-21-43(2)65(83)88-42-68(6,7)60(78)64(82)75-33-18-17-27-53(75)66(84)90-55(31-30-47-37-56(85-11)57(86-12)38-50(47)69)48-24-19-25-49(36-48)87-41-59(77)73(52)9/h15-16,19,22-25,28-29,34,36-38,43,51-55H,13-14,17-18,20-21,26-27,30-33,35,39-42H2,1-12H3,(H,70,79)(H,71,80)/t43?,51-,52-,53-,54-,55+/m0/s1. The van der Waals surface area contributed by atoms with Crippen LogP contribution in [0.1, 0.15) is 129 Å². The average molecular weight is 1250 g/mol. The minimum absolute atomic E-state index is 0.00142. The third-order valence-electron chi connectivity index (χ3n) is 16.5. The van der Waals surface area contributed by atoms with E-state index in [-0.39, 0.29) is 81.0 Å². The van der Waals surface area contributed by atoms with E-state index >= 15 is 9.18 Å². The number of nitrogens with one attached hydrogen (secondary N) is 2. The summed E-state index contributed by atoms with van der Waals surface area (Å²) in [6, 6.07) is 17.6. The minimum Gasteiger partial charge on any atom is -0.493 e. The maximum atomic E-state index is 15.7. The summed E-state index contributed by atoms with van der Waals surface area (Å²) >= 11 is 0. The molecule has 6 amide bonds. The Balaban J connectivity index is 1.36. The first-order chi connectivity index (χ1) is 42.7. The first kappa shape index (κ1) is 70.9. The van der Waals surface area contributed by atoms with Crippen LogP contribution in [0.3, 0.4) is 0 Å². The molecule has 1 unspecified atom stereocenters. The Labute approximate surface area is 527 Å². The molecule has 4 aromatic carbocycles. The topological polar surface area (TPSA) is 246 Å². The predicted molar refractivity (Wildman–Crippen MR) is 335 cm³/mol. The van der Waals surface area contributed by atoms with E-state index in [1.54, 1.807) is 59.0 Å². The number of methoxy groups -OCH3 is 2. The van der Waals surface area contributed by atoms with Crippen LogP contribution in [0.2, 0.25) is 0 Å². The van der Waals surface area contributed by atoms with Crippen LogP contribution < -0.4 is 24.8 Å². The number of carbonyl (C=O) groups excluding carboxylic acids is 9. The average Bonchev–Trinajstić information content (AvgIpc) is 1.27. The first-order valence-electron chi connectivity index (χ1n) is 31.0. The van der Waals surface area contributed by atoms with Crippen LogP contribution in [-0.4, -0.2) is 177 Å². The molecule has 0 saturated carbocycles. The van der Waals surface area contributed by atoms with Crippen LogP contribution >= 0.6 is 0 Å². The Morgan fingerprint density at radius 2 is 1.44 bits per heavy atom. The molecule has 0 aromatic heterocycles. The summed E-state index contributed by atoms with van der Waals surface area (Å²) in [5, 5.41) is 7.49. The van der Waals surface area contributed by atoms with Gasteiger partial charge in [-0.2, -0.15) is 0 Å². The molecule has 2 aliphatic rings. The number of ether oxygens (including phenoxy) is 6. The lowest BCUT2D eigenvalue weighted by atomic mass is 9.87. The zero-order chi connectivity index (χ0) is 66.0. The molecule has 2 bridgehead atoms. The second kappa shape index (κ2) is 32.6. The molecular weight excluding hydrogens is 1160 g/mol. The second-order valence-electron chi connectivity index (χ2n) is 25.0. The summed E-state index contributed by atoms with van der Waals surface area (Å²) in [5.41, 5.74) is -0.975. The zero-order valence-corrected chi connectivity index (χ0v) is 54.3. The number of cyclic esters (lactones) is 2. The molecule has 0 radical (unpaired) electrons. The van der Waals surface area contributed by atoms with E-state index in [1.165, 1.54) is 73.9 Å². The van der Waals surface area contributed by atoms with Crippen molar-refractivity contribution in [2.75, 3.05) is 74.8 Å². The number of rotatable bonds is 12. The van der Waals surface area contributed by atoms with Crippen molar-refractivity contribution in [3.05, 3.63) is 101 Å². The number of hydrogen-bond acceptors (Lipinski definition) is 15. The maximum absolute atomic E-state index is 15.7. The quantitative estimate of drug-likeness (QED) is 0.103. The Hall–Kier alpha value is -8.14. The number of carbonyl (C=O) groups is 9. The largest absolute Gasteiger partial charge is 0.493 e. The number of hydrogen-bond donors (Lipinski definition) is 2. The highest BCUT2D eigenvalue weighted by Crippen LogP contribution is 2.34. The molecule has 0 aliphatic carbocycles. The highest BCUT2D eigenvalue weighted by molar-refractivity contribution is 6.38. The van der Waals surface area contributed by atoms with Gasteiger partial charge < -0.3 is 58.7 Å². The van der Waals surface area contributed by atoms with Gasteiger partial charge in [-0.3, -0.25) is 38.4 Å². The van der Waals surface area contributed by atoms with Gasteiger partial charge in [-0.25, -0.2) is 9.18 Å². The third kappa shape index (κ3) is 19.4. The van der Waals surface area contributed by atoms with E-state index in [0.29, 0.717) is 43.2 Å². The van der Waals surface area contributed by atoms with Crippen LogP contribution in [0.15, 0.2) is 78.9 Å². The highest BCUT2D eigenvalue weighted by atomic mass is 19.1. The second-order valence-corrected chi connectivity index (χ2v) is 25.0. The smallest absolute Gasteiger partial charge is 0.329 e. The Morgan fingerprint density at radius 1 is 0.733 bits per heavy atom. The lowest BCUT2D eigenvalue weighted by Gasteiger charge is -2.36. The van der Waals surface area contributed by atoms with Crippen molar-refractivity contribution in [1.82, 2.24) is 30.2 Å². The van der Waals surface area contributed by atoms with Gasteiger partial charge in [0.25, 0.3) is 11.8 Å². The monoisotopic (exact) mass is 1250 g/mol. The first-order valence-corrected chi connectivity index (χ1v) is 31.0. The Bertz CT molecular complexity index is 3200. The molecule has 6 atom stereocenters. The van der Waals surface area contributed by atoms with Crippen LogP contribution in [-0.2, 0) is 70.2 Å². The van der Waals surface area contributed by atoms with Gasteiger partial charge in [-0.1, -0.05) is 81.3 Å². The molecule has 2 heterocycles. The lowest BCUT2D eigenvalue weighted by molar-refractivity contribution is -0.166. The van der Waals surface area contributed by atoms with E-state index in [1.807, 2.05) is 49.4 Å². The fourth-order valence-electron chi connectivity index (χ4n) is 10.8. The number of aryl methyl sites for hydroxylation is 1. The normalized spacial score (nSPS) is 22.4. The summed E-state index contributed by atoms with van der Waals surface area (Å²) in [4.78, 5) is 134. The number of likely N-dealkylation sites (N-methyl/N-ethyl adjacent to an activating group) is 3. The van der Waals surface area contributed by atoms with Crippen molar-refractivity contribution >= 4 is 63.9 Å². The predicted octanol–water partition coefficient (Wildman–Crippen LogP) is 7.50. The van der Waals surface area contributed by atoms with E-state index in [2.05, 4.69) is 10.6 Å². The van der Waals surface area contributed by atoms with Crippen molar-refractivity contribution in [3.8, 4) is 17.2 Å². The van der Waals surface area contributed by atoms with Gasteiger partial charge in [-0.05, 0) is 132 Å². The number of halogens is 1. The number of esters is 2. The number of ketones is 1. The molecule has 490 valence electrons. The van der Waals surface area contributed by atoms with Crippen molar-refractivity contribution in [3.63, 3.8) is 0 Å².